The summed E-state index contributed by atoms with van der Waals surface area (Å²) in [5.74, 6) is -1.02. The van der Waals surface area contributed by atoms with Crippen LogP contribution in [0.3, 0.4) is 0 Å². The minimum Gasteiger partial charge on any atom is -0.480 e. The van der Waals surface area contributed by atoms with Crippen LogP contribution in [0.5, 0.6) is 0 Å². The number of rotatable bonds is 6. The maximum atomic E-state index is 12.1. The molecule has 0 aliphatic carbocycles. The summed E-state index contributed by atoms with van der Waals surface area (Å²) >= 11 is 0. The maximum absolute atomic E-state index is 12.1. The summed E-state index contributed by atoms with van der Waals surface area (Å²) in [6.07, 6.45) is 0. The Hall–Kier alpha value is -1.88. The van der Waals surface area contributed by atoms with Gasteiger partial charge in [0.05, 0.1) is 6.54 Å². The number of carbonyl (C=O) groups is 2. The summed E-state index contributed by atoms with van der Waals surface area (Å²) in [4.78, 5) is 26.1. The van der Waals surface area contributed by atoms with Crippen molar-refractivity contribution in [2.45, 2.75) is 26.4 Å². The smallest absolute Gasteiger partial charge is 0.320 e. The van der Waals surface area contributed by atoms with E-state index in [1.165, 1.54) is 4.90 Å². The van der Waals surface area contributed by atoms with Gasteiger partial charge < -0.3 is 10.0 Å². The second-order valence-corrected chi connectivity index (χ2v) is 5.11. The second-order valence-electron chi connectivity index (χ2n) is 5.11. The van der Waals surface area contributed by atoms with Crippen molar-refractivity contribution in [3.8, 4) is 0 Å². The zero-order valence-corrected chi connectivity index (χ0v) is 12.5. The molecule has 20 heavy (non-hydrogen) atoms. The lowest BCUT2D eigenvalue weighted by molar-refractivity contribution is -0.143. The highest BCUT2D eigenvalue weighted by atomic mass is 16.4. The van der Waals surface area contributed by atoms with Crippen LogP contribution in [0.25, 0.3) is 0 Å². The number of aliphatic carboxylic acids is 1. The molecule has 5 heteroatoms. The Balaban J connectivity index is 2.60. The van der Waals surface area contributed by atoms with Gasteiger partial charge in [-0.25, -0.2) is 0 Å². The second kappa shape index (κ2) is 7.05. The number of carbonyl (C=O) groups excluding carboxylic acids is 1. The quantitative estimate of drug-likeness (QED) is 0.853. The van der Waals surface area contributed by atoms with E-state index in [1.807, 2.05) is 31.2 Å². The van der Waals surface area contributed by atoms with Crippen LogP contribution in [-0.2, 0) is 16.1 Å². The van der Waals surface area contributed by atoms with Crippen LogP contribution in [0.2, 0.25) is 0 Å². The number of amides is 1. The molecule has 0 aromatic heterocycles. The van der Waals surface area contributed by atoms with Gasteiger partial charge in [0, 0.05) is 13.6 Å². The lowest BCUT2D eigenvalue weighted by atomic mass is 10.1. The van der Waals surface area contributed by atoms with Gasteiger partial charge in [-0.05, 0) is 32.0 Å². The first-order valence-corrected chi connectivity index (χ1v) is 6.54. The molecule has 0 spiro atoms. The Morgan fingerprint density at radius 3 is 2.40 bits per heavy atom. The van der Waals surface area contributed by atoms with E-state index in [4.69, 9.17) is 5.11 Å². The molecule has 0 fully saturated rings. The molecular formula is C15H22N2O3. The molecule has 1 N–H and O–H groups in total. The average Bonchev–Trinajstić information content (AvgIpc) is 2.40. The number of carboxylic acid groups (broad SMARTS) is 1. The molecule has 0 aliphatic rings. The van der Waals surface area contributed by atoms with Crippen LogP contribution < -0.4 is 0 Å². The van der Waals surface area contributed by atoms with Gasteiger partial charge in [0.1, 0.15) is 6.04 Å². The summed E-state index contributed by atoms with van der Waals surface area (Å²) < 4.78 is 0. The molecule has 5 nitrogen and oxygen atoms in total. The van der Waals surface area contributed by atoms with Gasteiger partial charge in [0.15, 0.2) is 0 Å². The van der Waals surface area contributed by atoms with E-state index in [9.17, 15) is 9.59 Å². The van der Waals surface area contributed by atoms with Gasteiger partial charge in [0.2, 0.25) is 5.91 Å². The number of hydrogen-bond acceptors (Lipinski definition) is 3. The first-order chi connectivity index (χ1) is 9.32. The Morgan fingerprint density at radius 1 is 1.25 bits per heavy atom. The van der Waals surface area contributed by atoms with Crippen LogP contribution >= 0.6 is 0 Å². The normalized spacial score (nSPS) is 12.2. The van der Waals surface area contributed by atoms with Gasteiger partial charge in [0.25, 0.3) is 0 Å². The van der Waals surface area contributed by atoms with Crippen molar-refractivity contribution in [3.63, 3.8) is 0 Å². The van der Waals surface area contributed by atoms with Crippen LogP contribution in [0.15, 0.2) is 24.3 Å². The fraction of sp³-hybridized carbons (Fsp3) is 0.467. The molecule has 0 heterocycles. The molecule has 1 amide bonds. The largest absolute Gasteiger partial charge is 0.480 e. The molecule has 0 bridgehead atoms. The predicted octanol–water partition coefficient (Wildman–Crippen LogP) is 1.36. The van der Waals surface area contributed by atoms with E-state index in [0.29, 0.717) is 6.54 Å². The topological polar surface area (TPSA) is 60.9 Å². The van der Waals surface area contributed by atoms with Gasteiger partial charge >= 0.3 is 5.97 Å². The zero-order chi connectivity index (χ0) is 15.3. The molecule has 0 aliphatic heterocycles. The molecular weight excluding hydrogens is 256 g/mol. The van der Waals surface area contributed by atoms with E-state index >= 15 is 0 Å². The molecule has 1 unspecified atom stereocenters. The molecule has 0 saturated carbocycles. The van der Waals surface area contributed by atoms with Crippen molar-refractivity contribution < 1.29 is 14.7 Å². The van der Waals surface area contributed by atoms with Crippen molar-refractivity contribution in [2.75, 3.05) is 20.6 Å². The van der Waals surface area contributed by atoms with Crippen LogP contribution in [-0.4, -0.2) is 53.5 Å². The summed E-state index contributed by atoms with van der Waals surface area (Å²) in [5.41, 5.74) is 2.23. The number of likely N-dealkylation sites (N-methyl/N-ethyl adjacent to an activating group) is 2. The van der Waals surface area contributed by atoms with Gasteiger partial charge in [-0.15, -0.1) is 0 Å². The summed E-state index contributed by atoms with van der Waals surface area (Å²) in [6, 6.07) is 7.22. The van der Waals surface area contributed by atoms with Gasteiger partial charge in [-0.2, -0.15) is 0 Å². The van der Waals surface area contributed by atoms with E-state index < -0.39 is 12.0 Å². The van der Waals surface area contributed by atoms with Gasteiger partial charge in [-0.3, -0.25) is 14.5 Å². The first-order valence-electron chi connectivity index (χ1n) is 6.54. The van der Waals surface area contributed by atoms with Crippen LogP contribution in [0.1, 0.15) is 18.1 Å². The lowest BCUT2D eigenvalue weighted by Gasteiger charge is -2.24. The van der Waals surface area contributed by atoms with E-state index in [1.54, 1.807) is 25.9 Å². The Bertz CT molecular complexity index is 488. The Morgan fingerprint density at radius 2 is 1.85 bits per heavy atom. The third kappa shape index (κ3) is 4.35. The lowest BCUT2D eigenvalue weighted by Crippen LogP contribution is -2.43. The highest BCUT2D eigenvalue weighted by molar-refractivity contribution is 5.79. The summed E-state index contributed by atoms with van der Waals surface area (Å²) in [5, 5.41) is 8.91. The van der Waals surface area contributed by atoms with Crippen molar-refractivity contribution in [1.82, 2.24) is 9.80 Å². The third-order valence-corrected chi connectivity index (χ3v) is 3.50. The van der Waals surface area contributed by atoms with E-state index in [2.05, 4.69) is 0 Å². The molecule has 1 rings (SSSR count). The minimum absolute atomic E-state index is 0.0931. The molecule has 0 radical (unpaired) electrons. The van der Waals surface area contributed by atoms with Crippen LogP contribution in [0, 0.1) is 6.92 Å². The fourth-order valence-electron chi connectivity index (χ4n) is 1.79. The number of hydrogen-bond donors (Lipinski definition) is 1. The van der Waals surface area contributed by atoms with Crippen molar-refractivity contribution in [1.29, 1.82) is 0 Å². The van der Waals surface area contributed by atoms with Crippen molar-refractivity contribution >= 4 is 11.9 Å². The molecule has 0 saturated heterocycles. The zero-order valence-electron chi connectivity index (χ0n) is 12.5. The molecule has 110 valence electrons. The maximum Gasteiger partial charge on any atom is 0.320 e. The van der Waals surface area contributed by atoms with E-state index in [-0.39, 0.29) is 12.5 Å². The summed E-state index contributed by atoms with van der Waals surface area (Å²) in [6.45, 7) is 4.19. The number of nitrogens with zero attached hydrogens (tertiary/aromatic N) is 2. The molecule has 1 aromatic rings. The van der Waals surface area contributed by atoms with Crippen molar-refractivity contribution in [2.24, 2.45) is 0 Å². The highest BCUT2D eigenvalue weighted by Gasteiger charge is 2.20. The van der Waals surface area contributed by atoms with Crippen molar-refractivity contribution in [3.05, 3.63) is 35.4 Å². The third-order valence-electron chi connectivity index (χ3n) is 3.50. The number of carboxylic acids is 1. The standard InChI is InChI=1S/C15H22N2O3/c1-11-7-5-6-8-13(11)9-17(4)14(18)10-16(3)12(2)15(19)20/h5-8,12H,9-10H2,1-4H3,(H,19,20). The highest BCUT2D eigenvalue weighted by Crippen LogP contribution is 2.10. The van der Waals surface area contributed by atoms with Gasteiger partial charge in [-0.1, -0.05) is 24.3 Å². The van der Waals surface area contributed by atoms with E-state index in [0.717, 1.165) is 11.1 Å². The molecule has 1 aromatic carbocycles. The molecule has 1 atom stereocenters. The minimum atomic E-state index is -0.929. The Kier molecular flexibility index (Phi) is 5.70. The first kappa shape index (κ1) is 16.2. The predicted molar refractivity (Wildman–Crippen MR) is 77.4 cm³/mol. The van der Waals surface area contributed by atoms with Crippen LogP contribution in [0.4, 0.5) is 0 Å². The summed E-state index contributed by atoms with van der Waals surface area (Å²) in [7, 11) is 3.37. The number of aryl methyl sites for hydroxylation is 1. The average molecular weight is 278 g/mol. The fourth-order valence-corrected chi connectivity index (χ4v) is 1.79. The SMILES string of the molecule is Cc1ccccc1CN(C)C(=O)CN(C)C(C)C(=O)O. The number of benzene rings is 1. The Labute approximate surface area is 119 Å². The monoisotopic (exact) mass is 278 g/mol.